The lowest BCUT2D eigenvalue weighted by Crippen LogP contribution is -2.43. The Morgan fingerprint density at radius 2 is 2.14 bits per heavy atom. The molecule has 0 aliphatic carbocycles. The molecule has 6 heteroatoms. The molecule has 14 heavy (non-hydrogen) atoms. The Hall–Kier alpha value is -0.620. The first-order valence-corrected chi connectivity index (χ1v) is 6.39. The highest BCUT2D eigenvalue weighted by Crippen LogP contribution is 2.19. The Kier molecular flexibility index (Phi) is 3.88. The van der Waals surface area contributed by atoms with E-state index in [-0.39, 0.29) is 18.9 Å². The minimum absolute atomic E-state index is 0.101. The van der Waals surface area contributed by atoms with Crippen LogP contribution in [0.25, 0.3) is 0 Å². The van der Waals surface area contributed by atoms with Gasteiger partial charge in [-0.2, -0.15) is 0 Å². The minimum atomic E-state index is -3.25. The average Bonchev–Trinajstić information content (AvgIpc) is 2.13. The first kappa shape index (κ1) is 11.5. The van der Waals surface area contributed by atoms with Crippen LogP contribution in [0.3, 0.4) is 0 Å². The fraction of sp³-hybridized carbons (Fsp3) is 0.875. The number of aliphatic hydroxyl groups is 1. The fourth-order valence-corrected chi connectivity index (χ4v) is 3.37. The summed E-state index contributed by atoms with van der Waals surface area (Å²) in [6, 6.07) is 0. The summed E-state index contributed by atoms with van der Waals surface area (Å²) >= 11 is 0. The molecule has 1 saturated heterocycles. The molecule has 0 bridgehead atoms. The van der Waals surface area contributed by atoms with Crippen LogP contribution in [0.2, 0.25) is 0 Å². The molecule has 2 N–H and O–H groups in total. The number of hydrogen-bond acceptors (Lipinski definition) is 4. The number of amides is 1. The van der Waals surface area contributed by atoms with Gasteiger partial charge in [-0.1, -0.05) is 6.42 Å². The second kappa shape index (κ2) is 4.75. The van der Waals surface area contributed by atoms with Crippen LogP contribution < -0.4 is 5.32 Å². The Bertz CT molecular complexity index is 298. The molecule has 0 spiro atoms. The number of carbonyl (C=O) groups excluding carboxylic acids is 1. The molecule has 0 radical (unpaired) electrons. The normalized spacial score (nSPS) is 25.6. The number of carbonyl (C=O) groups is 1. The van der Waals surface area contributed by atoms with Gasteiger partial charge in [0.25, 0.3) is 0 Å². The molecule has 1 heterocycles. The van der Waals surface area contributed by atoms with E-state index in [0.717, 1.165) is 6.42 Å². The van der Waals surface area contributed by atoms with Crippen LogP contribution in [0.1, 0.15) is 19.3 Å². The maximum atomic E-state index is 11.5. The lowest BCUT2D eigenvalue weighted by molar-refractivity contribution is -0.121. The summed E-state index contributed by atoms with van der Waals surface area (Å²) in [5, 5.41) is 9.97. The van der Waals surface area contributed by atoms with Gasteiger partial charge in [-0.3, -0.25) is 4.79 Å². The topological polar surface area (TPSA) is 83.5 Å². The quantitative estimate of drug-likeness (QED) is 0.644. The van der Waals surface area contributed by atoms with E-state index in [1.54, 1.807) is 0 Å². The molecule has 1 aliphatic rings. The summed E-state index contributed by atoms with van der Waals surface area (Å²) in [7, 11) is -3.25. The van der Waals surface area contributed by atoms with E-state index in [4.69, 9.17) is 5.11 Å². The second-order valence-electron chi connectivity index (χ2n) is 3.37. The van der Waals surface area contributed by atoms with E-state index in [1.807, 2.05) is 0 Å². The maximum absolute atomic E-state index is 11.5. The zero-order valence-electron chi connectivity index (χ0n) is 7.90. The third-order valence-electron chi connectivity index (χ3n) is 2.28. The zero-order chi connectivity index (χ0) is 10.6. The van der Waals surface area contributed by atoms with Crippen molar-refractivity contribution >= 4 is 15.7 Å². The molecule has 1 amide bonds. The molecule has 5 nitrogen and oxygen atoms in total. The highest BCUT2D eigenvalue weighted by Gasteiger charge is 2.34. The minimum Gasteiger partial charge on any atom is -0.395 e. The van der Waals surface area contributed by atoms with Gasteiger partial charge in [0.1, 0.15) is 5.25 Å². The van der Waals surface area contributed by atoms with E-state index in [0.29, 0.717) is 12.8 Å². The van der Waals surface area contributed by atoms with Gasteiger partial charge in [-0.15, -0.1) is 0 Å². The van der Waals surface area contributed by atoms with E-state index >= 15 is 0 Å². The summed E-state index contributed by atoms with van der Waals surface area (Å²) in [6.45, 7) is -0.0522. The molecule has 82 valence electrons. The number of sulfone groups is 1. The molecular weight excluding hydrogens is 206 g/mol. The van der Waals surface area contributed by atoms with Crippen LogP contribution in [-0.4, -0.2) is 43.6 Å². The van der Waals surface area contributed by atoms with Crippen LogP contribution in [0.4, 0.5) is 0 Å². The van der Waals surface area contributed by atoms with Crippen LogP contribution in [0.15, 0.2) is 0 Å². The van der Waals surface area contributed by atoms with E-state index < -0.39 is 21.0 Å². The van der Waals surface area contributed by atoms with Crippen molar-refractivity contribution in [2.24, 2.45) is 0 Å². The van der Waals surface area contributed by atoms with Gasteiger partial charge in [-0.05, 0) is 12.8 Å². The van der Waals surface area contributed by atoms with E-state index in [1.165, 1.54) is 0 Å². The fourth-order valence-electron chi connectivity index (χ4n) is 1.54. The molecule has 1 fully saturated rings. The van der Waals surface area contributed by atoms with Gasteiger partial charge in [-0.25, -0.2) is 8.42 Å². The van der Waals surface area contributed by atoms with Gasteiger partial charge >= 0.3 is 0 Å². The van der Waals surface area contributed by atoms with Crippen molar-refractivity contribution in [2.75, 3.05) is 18.9 Å². The van der Waals surface area contributed by atoms with Crippen molar-refractivity contribution in [2.45, 2.75) is 24.5 Å². The molecule has 0 aromatic heterocycles. The lowest BCUT2D eigenvalue weighted by atomic mass is 10.2. The molecule has 0 saturated carbocycles. The third-order valence-corrected chi connectivity index (χ3v) is 4.46. The Labute approximate surface area is 83.4 Å². The Morgan fingerprint density at radius 3 is 2.71 bits per heavy atom. The van der Waals surface area contributed by atoms with Gasteiger partial charge in [0, 0.05) is 6.54 Å². The predicted molar refractivity (Wildman–Crippen MR) is 51.5 cm³/mol. The largest absolute Gasteiger partial charge is 0.395 e. The van der Waals surface area contributed by atoms with Gasteiger partial charge < -0.3 is 10.4 Å². The number of rotatable bonds is 3. The maximum Gasteiger partial charge on any atom is 0.238 e. The van der Waals surface area contributed by atoms with E-state index in [2.05, 4.69) is 5.32 Å². The molecule has 1 aliphatic heterocycles. The number of aliphatic hydroxyl groups excluding tert-OH is 1. The average molecular weight is 221 g/mol. The van der Waals surface area contributed by atoms with Gasteiger partial charge in [0.2, 0.25) is 5.91 Å². The number of nitrogens with one attached hydrogen (secondary N) is 1. The first-order chi connectivity index (χ1) is 6.58. The monoisotopic (exact) mass is 221 g/mol. The Balaban J connectivity index is 2.61. The SMILES string of the molecule is O=C(NCCO)C1CCCCS1(=O)=O. The lowest BCUT2D eigenvalue weighted by Gasteiger charge is -2.21. The van der Waals surface area contributed by atoms with Crippen LogP contribution in [0.5, 0.6) is 0 Å². The van der Waals surface area contributed by atoms with Crippen molar-refractivity contribution in [1.82, 2.24) is 5.32 Å². The van der Waals surface area contributed by atoms with Crippen molar-refractivity contribution in [3.8, 4) is 0 Å². The van der Waals surface area contributed by atoms with Crippen molar-refractivity contribution in [1.29, 1.82) is 0 Å². The summed E-state index contributed by atoms with van der Waals surface area (Å²) in [6.07, 6.45) is 1.82. The van der Waals surface area contributed by atoms with Gasteiger partial charge in [0.15, 0.2) is 9.84 Å². The van der Waals surface area contributed by atoms with Crippen molar-refractivity contribution in [3.63, 3.8) is 0 Å². The first-order valence-electron chi connectivity index (χ1n) is 4.68. The molecule has 1 unspecified atom stereocenters. The van der Waals surface area contributed by atoms with Crippen molar-refractivity contribution < 1.29 is 18.3 Å². The highest BCUT2D eigenvalue weighted by atomic mass is 32.2. The van der Waals surface area contributed by atoms with Gasteiger partial charge in [0.05, 0.1) is 12.4 Å². The summed E-state index contributed by atoms with van der Waals surface area (Å²) in [5.74, 6) is -0.372. The van der Waals surface area contributed by atoms with Crippen molar-refractivity contribution in [3.05, 3.63) is 0 Å². The van der Waals surface area contributed by atoms with E-state index in [9.17, 15) is 13.2 Å². The number of hydrogen-bond donors (Lipinski definition) is 2. The zero-order valence-corrected chi connectivity index (χ0v) is 8.72. The second-order valence-corrected chi connectivity index (χ2v) is 5.67. The highest BCUT2D eigenvalue weighted by molar-refractivity contribution is 7.92. The summed E-state index contributed by atoms with van der Waals surface area (Å²) in [4.78, 5) is 11.4. The summed E-state index contributed by atoms with van der Waals surface area (Å²) in [5.41, 5.74) is 0. The van der Waals surface area contributed by atoms with Crippen LogP contribution >= 0.6 is 0 Å². The molecular formula is C8H15NO4S. The summed E-state index contributed by atoms with van der Waals surface area (Å²) < 4.78 is 22.9. The van der Waals surface area contributed by atoms with Crippen LogP contribution in [0, 0.1) is 0 Å². The predicted octanol–water partition coefficient (Wildman–Crippen LogP) is -0.938. The van der Waals surface area contributed by atoms with Crippen LogP contribution in [-0.2, 0) is 14.6 Å². The third kappa shape index (κ3) is 2.68. The molecule has 1 atom stereocenters. The standard InChI is InChI=1S/C8H15NO4S/c10-5-4-9-8(11)7-3-1-2-6-14(7,12)13/h7,10H,1-6H2,(H,9,11). The molecule has 0 aromatic rings. The molecule has 0 aromatic carbocycles. The smallest absolute Gasteiger partial charge is 0.238 e. The Morgan fingerprint density at radius 1 is 1.43 bits per heavy atom. The molecule has 1 rings (SSSR count).